The molecule has 1 saturated heterocycles. The van der Waals surface area contributed by atoms with E-state index in [0.29, 0.717) is 24.2 Å². The first kappa shape index (κ1) is 16.5. The first-order valence-electron chi connectivity index (χ1n) is 8.94. The average molecular weight is 355 g/mol. The highest BCUT2D eigenvalue weighted by Crippen LogP contribution is 2.31. The number of nitrogens with zero attached hydrogens (tertiary/aromatic N) is 1. The van der Waals surface area contributed by atoms with Crippen LogP contribution in [0.2, 0.25) is 0 Å². The molecule has 0 aliphatic carbocycles. The summed E-state index contributed by atoms with van der Waals surface area (Å²) in [5.41, 5.74) is 2.46. The first-order chi connectivity index (χ1) is 12.1. The van der Waals surface area contributed by atoms with Crippen LogP contribution < -0.4 is 9.80 Å². The fourth-order valence-electron chi connectivity index (χ4n) is 3.97. The van der Waals surface area contributed by atoms with E-state index in [4.69, 9.17) is 0 Å². The predicted molar refractivity (Wildman–Crippen MR) is 99.3 cm³/mol. The Bertz CT molecular complexity index is 813. The van der Waals surface area contributed by atoms with Crippen LogP contribution in [0.1, 0.15) is 59.4 Å². The van der Waals surface area contributed by atoms with Crippen molar-refractivity contribution in [3.8, 4) is 0 Å². The Morgan fingerprint density at radius 1 is 1.28 bits per heavy atom. The van der Waals surface area contributed by atoms with Gasteiger partial charge >= 0.3 is 5.91 Å². The van der Waals surface area contributed by atoms with E-state index in [2.05, 4.69) is 31.4 Å². The van der Waals surface area contributed by atoms with E-state index in [1.165, 1.54) is 9.78 Å². The summed E-state index contributed by atoms with van der Waals surface area (Å²) >= 11 is 1.78. The molecule has 0 radical (unpaired) electrons. The van der Waals surface area contributed by atoms with Crippen molar-refractivity contribution in [2.75, 3.05) is 18.1 Å². The van der Waals surface area contributed by atoms with Gasteiger partial charge in [0.25, 0.3) is 5.78 Å². The monoisotopic (exact) mass is 355 g/mol. The number of ketones is 1. The second-order valence-corrected chi connectivity index (χ2v) is 8.25. The second-order valence-electron chi connectivity index (χ2n) is 7.27. The zero-order valence-corrected chi connectivity index (χ0v) is 15.4. The maximum absolute atomic E-state index is 12.6. The van der Waals surface area contributed by atoms with Crippen molar-refractivity contribution in [2.24, 2.45) is 0 Å². The van der Waals surface area contributed by atoms with Crippen molar-refractivity contribution in [1.29, 1.82) is 0 Å². The van der Waals surface area contributed by atoms with Crippen LogP contribution in [-0.2, 0) is 4.79 Å². The Hall–Kier alpha value is -1.98. The zero-order valence-electron chi connectivity index (χ0n) is 14.6. The summed E-state index contributed by atoms with van der Waals surface area (Å²) in [6.07, 6.45) is 2.30. The van der Waals surface area contributed by atoms with Gasteiger partial charge in [-0.3, -0.25) is 14.5 Å². The lowest BCUT2D eigenvalue weighted by molar-refractivity contribution is -0.916. The Morgan fingerprint density at radius 3 is 2.84 bits per heavy atom. The molecule has 2 aromatic rings. The molecule has 5 heteroatoms. The molecule has 130 valence electrons. The molecule has 1 fully saturated rings. The minimum atomic E-state index is -0.375. The molecule has 0 spiro atoms. The SMILES string of the molecule is CC(C)c1ccc2c(c1)C(=O)C(=O)N2C[NH+]1CCC[C@@H]1c1cccs1. The van der Waals surface area contributed by atoms with E-state index < -0.39 is 0 Å². The lowest BCUT2D eigenvalue weighted by Gasteiger charge is -2.26. The number of rotatable bonds is 4. The van der Waals surface area contributed by atoms with Crippen molar-refractivity contribution in [3.05, 3.63) is 51.7 Å². The summed E-state index contributed by atoms with van der Waals surface area (Å²) in [6.45, 7) is 5.81. The highest BCUT2D eigenvalue weighted by Gasteiger charge is 2.40. The number of quaternary nitrogens is 1. The number of hydrogen-bond donors (Lipinski definition) is 1. The van der Waals surface area contributed by atoms with Gasteiger partial charge in [0.2, 0.25) is 0 Å². The van der Waals surface area contributed by atoms with Gasteiger partial charge < -0.3 is 4.90 Å². The van der Waals surface area contributed by atoms with E-state index >= 15 is 0 Å². The maximum atomic E-state index is 12.6. The van der Waals surface area contributed by atoms with E-state index in [9.17, 15) is 9.59 Å². The molecular formula is C20H23N2O2S+. The number of anilines is 1. The Morgan fingerprint density at radius 2 is 2.12 bits per heavy atom. The largest absolute Gasteiger partial charge is 0.311 e. The first-order valence-corrected chi connectivity index (χ1v) is 9.82. The summed E-state index contributed by atoms with van der Waals surface area (Å²) in [5, 5.41) is 2.11. The number of carbonyl (C=O) groups is 2. The fourth-order valence-corrected chi connectivity index (χ4v) is 4.89. The van der Waals surface area contributed by atoms with Crippen LogP contribution in [0.15, 0.2) is 35.7 Å². The molecule has 4 nitrogen and oxygen atoms in total. The smallest absolute Gasteiger partial charge is 0.303 e. The number of amides is 1. The third-order valence-corrected chi connectivity index (χ3v) is 6.38. The van der Waals surface area contributed by atoms with Gasteiger partial charge in [0.05, 0.1) is 22.7 Å². The molecule has 1 N–H and O–H groups in total. The summed E-state index contributed by atoms with van der Waals surface area (Å²) in [4.78, 5) is 29.5. The number of thiophene rings is 1. The van der Waals surface area contributed by atoms with E-state index in [0.717, 1.165) is 30.6 Å². The van der Waals surface area contributed by atoms with Crippen LogP contribution in [0.5, 0.6) is 0 Å². The molecule has 25 heavy (non-hydrogen) atoms. The molecule has 2 atom stereocenters. The fraction of sp³-hybridized carbons (Fsp3) is 0.400. The van der Waals surface area contributed by atoms with E-state index in [1.807, 2.05) is 18.2 Å². The average Bonchev–Trinajstić information content (AvgIpc) is 3.32. The third-order valence-electron chi connectivity index (χ3n) is 5.39. The summed E-state index contributed by atoms with van der Waals surface area (Å²) < 4.78 is 0. The highest BCUT2D eigenvalue weighted by molar-refractivity contribution is 7.10. The Labute approximate surface area is 152 Å². The lowest BCUT2D eigenvalue weighted by Crippen LogP contribution is -3.12. The molecule has 4 rings (SSSR count). The maximum Gasteiger partial charge on any atom is 0.303 e. The lowest BCUT2D eigenvalue weighted by atomic mass is 9.99. The molecule has 1 aromatic carbocycles. The van der Waals surface area contributed by atoms with Gasteiger partial charge in [-0.05, 0) is 35.1 Å². The molecule has 2 aliphatic rings. The van der Waals surface area contributed by atoms with Gasteiger partial charge in [-0.2, -0.15) is 0 Å². The van der Waals surface area contributed by atoms with Gasteiger partial charge in [-0.15, -0.1) is 11.3 Å². The topological polar surface area (TPSA) is 41.8 Å². The molecule has 1 unspecified atom stereocenters. The summed E-state index contributed by atoms with van der Waals surface area (Å²) in [5.74, 6) is -0.390. The van der Waals surface area contributed by atoms with Crippen molar-refractivity contribution in [1.82, 2.24) is 0 Å². The Kier molecular flexibility index (Phi) is 4.21. The van der Waals surface area contributed by atoms with Crippen molar-refractivity contribution in [2.45, 2.75) is 38.6 Å². The van der Waals surface area contributed by atoms with Gasteiger partial charge in [-0.25, -0.2) is 0 Å². The summed E-state index contributed by atoms with van der Waals surface area (Å²) in [7, 11) is 0. The number of nitrogens with one attached hydrogen (secondary N) is 1. The molecule has 1 amide bonds. The predicted octanol–water partition coefficient (Wildman–Crippen LogP) is 2.78. The molecule has 1 aromatic heterocycles. The normalized spacial score (nSPS) is 22.9. The Balaban J connectivity index is 1.61. The number of fused-ring (bicyclic) bond motifs is 1. The van der Waals surface area contributed by atoms with Crippen LogP contribution in [0.25, 0.3) is 0 Å². The van der Waals surface area contributed by atoms with Crippen LogP contribution >= 0.6 is 11.3 Å². The minimum Gasteiger partial charge on any atom is -0.311 e. The van der Waals surface area contributed by atoms with Crippen LogP contribution in [-0.4, -0.2) is 24.9 Å². The third kappa shape index (κ3) is 2.81. The van der Waals surface area contributed by atoms with Gasteiger partial charge in [0, 0.05) is 12.8 Å². The van der Waals surface area contributed by atoms with E-state index in [1.54, 1.807) is 16.2 Å². The zero-order chi connectivity index (χ0) is 17.6. The quantitative estimate of drug-likeness (QED) is 0.857. The number of carbonyl (C=O) groups excluding carboxylic acids is 2. The minimum absolute atomic E-state index is 0.342. The van der Waals surface area contributed by atoms with Crippen molar-refractivity contribution in [3.63, 3.8) is 0 Å². The molecular weight excluding hydrogens is 332 g/mol. The highest BCUT2D eigenvalue weighted by atomic mass is 32.1. The summed E-state index contributed by atoms with van der Waals surface area (Å²) in [6, 6.07) is 10.6. The van der Waals surface area contributed by atoms with Gasteiger partial charge in [-0.1, -0.05) is 26.0 Å². The second kappa shape index (κ2) is 6.39. The van der Waals surface area contributed by atoms with Crippen LogP contribution in [0.4, 0.5) is 5.69 Å². The van der Waals surface area contributed by atoms with Crippen LogP contribution in [0.3, 0.4) is 0 Å². The van der Waals surface area contributed by atoms with Gasteiger partial charge in [0.1, 0.15) is 6.04 Å². The van der Waals surface area contributed by atoms with Crippen molar-refractivity contribution >= 4 is 28.7 Å². The van der Waals surface area contributed by atoms with Crippen molar-refractivity contribution < 1.29 is 14.5 Å². The van der Waals surface area contributed by atoms with E-state index in [-0.39, 0.29) is 11.7 Å². The van der Waals surface area contributed by atoms with Crippen LogP contribution in [0, 0.1) is 0 Å². The number of benzene rings is 1. The molecule has 0 saturated carbocycles. The standard InChI is InChI=1S/C20H22N2O2S/c1-13(2)14-7-8-16-15(11-14)19(23)20(24)22(16)12-21-9-3-5-17(21)18-6-4-10-25-18/h4,6-8,10-11,13,17H,3,5,9,12H2,1-2H3/p+1/t17-/m1/s1. The van der Waals surface area contributed by atoms with Gasteiger partial charge in [0.15, 0.2) is 6.67 Å². The number of hydrogen-bond acceptors (Lipinski definition) is 3. The molecule has 3 heterocycles. The molecule has 0 bridgehead atoms. The number of likely N-dealkylation sites (tertiary alicyclic amines) is 1. The number of Topliss-reactive ketones (excluding diaryl/α,β-unsaturated/α-hetero) is 1. The molecule has 2 aliphatic heterocycles.